The van der Waals surface area contributed by atoms with Gasteiger partial charge in [0.1, 0.15) is 0 Å². The summed E-state index contributed by atoms with van der Waals surface area (Å²) in [4.78, 5) is 0. The second-order valence-corrected chi connectivity index (χ2v) is 14.7. The monoisotopic (exact) mass is 700 g/mol. The lowest BCUT2D eigenvalue weighted by atomic mass is 9.96. The van der Waals surface area contributed by atoms with E-state index >= 15 is 0 Å². The van der Waals surface area contributed by atoms with Crippen LogP contribution in [0.25, 0.3) is 99.1 Å². The number of aromatic nitrogens is 2. The molecule has 0 fully saturated rings. The molecule has 0 amide bonds. The van der Waals surface area contributed by atoms with Crippen LogP contribution in [0.4, 0.5) is 0 Å². The van der Waals surface area contributed by atoms with Crippen LogP contribution in [0.1, 0.15) is 5.56 Å². The Hall–Kier alpha value is -7.16. The molecule has 11 aromatic rings. The van der Waals surface area contributed by atoms with Gasteiger partial charge in [0, 0.05) is 32.9 Å². The Morgan fingerprint density at radius 2 is 0.800 bits per heavy atom. The Morgan fingerprint density at radius 3 is 1.47 bits per heavy atom. The number of para-hydroxylation sites is 2. The summed E-state index contributed by atoms with van der Waals surface area (Å²) in [6.07, 6.45) is 0. The lowest BCUT2D eigenvalue weighted by molar-refractivity contribution is 1.17. The highest BCUT2D eigenvalue weighted by Crippen LogP contribution is 2.39. The van der Waals surface area contributed by atoms with Gasteiger partial charge in [0.15, 0.2) is 0 Å². The predicted molar refractivity (Wildman–Crippen MR) is 234 cm³/mol. The van der Waals surface area contributed by atoms with E-state index in [9.17, 15) is 0 Å². The van der Waals surface area contributed by atoms with Crippen LogP contribution in [0.15, 0.2) is 200 Å². The first-order valence-corrected chi connectivity index (χ1v) is 19.0. The zero-order chi connectivity index (χ0) is 36.5. The van der Waals surface area contributed by atoms with Gasteiger partial charge in [-0.1, -0.05) is 140 Å². The Kier molecular flexibility index (Phi) is 7.11. The molecule has 9 aromatic carbocycles. The van der Waals surface area contributed by atoms with Crippen molar-refractivity contribution >= 4 is 54.4 Å². The Bertz CT molecular complexity index is 3250. The van der Waals surface area contributed by atoms with Crippen LogP contribution >= 0.6 is 0 Å². The van der Waals surface area contributed by atoms with Gasteiger partial charge in [0.2, 0.25) is 0 Å². The van der Waals surface area contributed by atoms with E-state index in [0.29, 0.717) is 0 Å². The second kappa shape index (κ2) is 12.5. The first-order chi connectivity index (χ1) is 27.2. The van der Waals surface area contributed by atoms with Gasteiger partial charge in [0.05, 0.1) is 22.1 Å². The third kappa shape index (κ3) is 5.10. The van der Waals surface area contributed by atoms with Gasteiger partial charge in [0.25, 0.3) is 0 Å². The molecule has 55 heavy (non-hydrogen) atoms. The number of benzene rings is 9. The first-order valence-electron chi connectivity index (χ1n) is 19.0. The smallest absolute Gasteiger partial charge is 0.0541 e. The fraction of sp³-hybridized carbons (Fsp3) is 0.0189. The van der Waals surface area contributed by atoms with Crippen molar-refractivity contribution in [3.05, 3.63) is 206 Å². The van der Waals surface area contributed by atoms with Gasteiger partial charge in [-0.3, -0.25) is 0 Å². The quantitative estimate of drug-likeness (QED) is 0.169. The van der Waals surface area contributed by atoms with Crippen molar-refractivity contribution in [3.8, 4) is 44.8 Å². The minimum absolute atomic E-state index is 1.16. The molecule has 0 bridgehead atoms. The average Bonchev–Trinajstić information content (AvgIpc) is 3.76. The van der Waals surface area contributed by atoms with Gasteiger partial charge in [-0.25, -0.2) is 0 Å². The summed E-state index contributed by atoms with van der Waals surface area (Å²) in [5.74, 6) is 0. The molecular weight excluding hydrogens is 665 g/mol. The van der Waals surface area contributed by atoms with E-state index in [2.05, 4.69) is 216 Å². The molecule has 0 spiro atoms. The minimum atomic E-state index is 1.16. The molecule has 0 saturated heterocycles. The molecule has 0 N–H and O–H groups in total. The Morgan fingerprint density at radius 1 is 0.291 bits per heavy atom. The van der Waals surface area contributed by atoms with Gasteiger partial charge >= 0.3 is 0 Å². The van der Waals surface area contributed by atoms with E-state index in [1.165, 1.54) is 99.0 Å². The molecule has 258 valence electrons. The van der Waals surface area contributed by atoms with Crippen LogP contribution in [-0.4, -0.2) is 9.13 Å². The Balaban J connectivity index is 1.04. The van der Waals surface area contributed by atoms with Crippen molar-refractivity contribution in [3.63, 3.8) is 0 Å². The third-order valence-electron chi connectivity index (χ3n) is 11.3. The standard InChI is InChI=1S/C53H36N2/c1-35-30-41(45-19-11-15-38-14-5-6-16-44(38)45)32-43(31-35)55-51-21-10-8-18-47(51)49-34-40(25-29-53(49)55)39-24-28-52-48(33-39)46-17-7-9-20-50(46)54(52)42-26-22-37(23-27-42)36-12-3-2-4-13-36/h2-34H,1H3. The van der Waals surface area contributed by atoms with Crippen molar-refractivity contribution in [1.82, 2.24) is 9.13 Å². The third-order valence-corrected chi connectivity index (χ3v) is 11.3. The molecule has 0 aliphatic rings. The lowest BCUT2D eigenvalue weighted by Crippen LogP contribution is -1.96. The molecule has 2 heterocycles. The molecule has 0 aliphatic carbocycles. The highest BCUT2D eigenvalue weighted by molar-refractivity contribution is 6.13. The summed E-state index contributed by atoms with van der Waals surface area (Å²) < 4.78 is 4.84. The molecule has 0 radical (unpaired) electrons. The molecule has 0 unspecified atom stereocenters. The Labute approximate surface area is 319 Å². The number of rotatable bonds is 5. The van der Waals surface area contributed by atoms with Crippen molar-refractivity contribution in [1.29, 1.82) is 0 Å². The maximum absolute atomic E-state index is 2.44. The highest BCUT2D eigenvalue weighted by Gasteiger charge is 2.17. The molecule has 0 atom stereocenters. The van der Waals surface area contributed by atoms with Crippen LogP contribution in [-0.2, 0) is 0 Å². The molecule has 2 heteroatoms. The minimum Gasteiger partial charge on any atom is -0.309 e. The highest BCUT2D eigenvalue weighted by atomic mass is 15.0. The van der Waals surface area contributed by atoms with E-state index in [1.54, 1.807) is 0 Å². The summed E-state index contributed by atoms with van der Waals surface area (Å²) in [7, 11) is 0. The van der Waals surface area contributed by atoms with Crippen LogP contribution in [0.5, 0.6) is 0 Å². The summed E-state index contributed by atoms with van der Waals surface area (Å²) >= 11 is 0. The summed E-state index contributed by atoms with van der Waals surface area (Å²) in [5.41, 5.74) is 15.8. The van der Waals surface area contributed by atoms with E-state index < -0.39 is 0 Å². The maximum atomic E-state index is 2.44. The molecular formula is C53H36N2. The van der Waals surface area contributed by atoms with Crippen LogP contribution in [0.3, 0.4) is 0 Å². The largest absolute Gasteiger partial charge is 0.309 e. The van der Waals surface area contributed by atoms with E-state index in [-0.39, 0.29) is 0 Å². The predicted octanol–water partition coefficient (Wildman–Crippen LogP) is 14.3. The SMILES string of the molecule is Cc1cc(-c2cccc3ccccc23)cc(-n2c3ccccc3c3cc(-c4ccc5c(c4)c4ccccc4n5-c4ccc(-c5ccccc5)cc4)ccc32)c1. The molecule has 2 aromatic heterocycles. The maximum Gasteiger partial charge on any atom is 0.0541 e. The number of nitrogens with zero attached hydrogens (tertiary/aromatic N) is 2. The van der Waals surface area contributed by atoms with Crippen LogP contribution in [0.2, 0.25) is 0 Å². The molecule has 2 nitrogen and oxygen atoms in total. The van der Waals surface area contributed by atoms with E-state index in [1.807, 2.05) is 0 Å². The summed E-state index contributed by atoms with van der Waals surface area (Å²) in [6.45, 7) is 2.21. The molecule has 0 saturated carbocycles. The normalized spacial score (nSPS) is 11.7. The zero-order valence-corrected chi connectivity index (χ0v) is 30.4. The van der Waals surface area contributed by atoms with Crippen molar-refractivity contribution in [2.45, 2.75) is 6.92 Å². The van der Waals surface area contributed by atoms with E-state index in [4.69, 9.17) is 0 Å². The van der Waals surface area contributed by atoms with Crippen molar-refractivity contribution in [2.24, 2.45) is 0 Å². The van der Waals surface area contributed by atoms with Gasteiger partial charge in [-0.2, -0.15) is 0 Å². The summed E-state index contributed by atoms with van der Waals surface area (Å²) in [6, 6.07) is 73.3. The number of aryl methyl sites for hydroxylation is 1. The van der Waals surface area contributed by atoms with Crippen LogP contribution < -0.4 is 0 Å². The number of hydrogen-bond donors (Lipinski definition) is 0. The topological polar surface area (TPSA) is 9.86 Å². The molecule has 11 rings (SSSR count). The van der Waals surface area contributed by atoms with Gasteiger partial charge in [-0.15, -0.1) is 0 Å². The average molecular weight is 701 g/mol. The molecule has 0 aliphatic heterocycles. The fourth-order valence-electron chi connectivity index (χ4n) is 8.82. The number of hydrogen-bond acceptors (Lipinski definition) is 0. The number of fused-ring (bicyclic) bond motifs is 7. The lowest BCUT2D eigenvalue weighted by Gasteiger charge is -2.14. The van der Waals surface area contributed by atoms with Crippen molar-refractivity contribution in [2.75, 3.05) is 0 Å². The van der Waals surface area contributed by atoms with Gasteiger partial charge in [-0.05, 0) is 117 Å². The summed E-state index contributed by atoms with van der Waals surface area (Å²) in [5, 5.41) is 7.54. The van der Waals surface area contributed by atoms with Gasteiger partial charge < -0.3 is 9.13 Å². The van der Waals surface area contributed by atoms with Crippen molar-refractivity contribution < 1.29 is 0 Å². The zero-order valence-electron chi connectivity index (χ0n) is 30.4. The van der Waals surface area contributed by atoms with Crippen LogP contribution in [0, 0.1) is 6.92 Å². The second-order valence-electron chi connectivity index (χ2n) is 14.7. The fourth-order valence-corrected chi connectivity index (χ4v) is 8.82. The van der Waals surface area contributed by atoms with E-state index in [0.717, 1.165) is 5.69 Å². The first kappa shape index (κ1) is 31.4.